The quantitative estimate of drug-likeness (QED) is 0.515. The first-order valence-electron chi connectivity index (χ1n) is 11.0. The Hall–Kier alpha value is -3.52. The van der Waals surface area contributed by atoms with E-state index in [2.05, 4.69) is 19.8 Å². The molecule has 1 saturated carbocycles. The maximum Gasteiger partial charge on any atom is 0.586 e. The van der Waals surface area contributed by atoms with E-state index in [1.165, 1.54) is 12.1 Å². The number of nitrogens with zero attached hydrogens (tertiary/aromatic N) is 1. The van der Waals surface area contributed by atoms with Gasteiger partial charge in [-0.1, -0.05) is 36.4 Å². The van der Waals surface area contributed by atoms with Gasteiger partial charge in [-0.05, 0) is 68.5 Å². The maximum atomic E-state index is 13.4. The summed E-state index contributed by atoms with van der Waals surface area (Å²) in [6.45, 7) is 5.38. The van der Waals surface area contributed by atoms with E-state index in [0.717, 1.165) is 22.4 Å². The van der Waals surface area contributed by atoms with Gasteiger partial charge >= 0.3 is 6.29 Å². The van der Waals surface area contributed by atoms with Gasteiger partial charge in [-0.3, -0.25) is 4.79 Å². The minimum absolute atomic E-state index is 0. The number of alkyl halides is 2. The van der Waals surface area contributed by atoms with Crippen molar-refractivity contribution in [3.05, 3.63) is 71.3 Å². The van der Waals surface area contributed by atoms with E-state index in [0.29, 0.717) is 24.2 Å². The van der Waals surface area contributed by atoms with Gasteiger partial charge in [0.15, 0.2) is 11.5 Å². The zero-order chi connectivity index (χ0) is 24.3. The van der Waals surface area contributed by atoms with Crippen molar-refractivity contribution in [3.8, 4) is 22.8 Å². The summed E-state index contributed by atoms with van der Waals surface area (Å²) in [7, 11) is 0. The van der Waals surface area contributed by atoms with Gasteiger partial charge in [-0.15, -0.1) is 8.78 Å². The lowest BCUT2D eigenvalue weighted by molar-refractivity contribution is -0.286. The number of benzene rings is 2. The number of aryl methyl sites for hydroxylation is 1. The number of carbonyl (C=O) groups excluding carboxylic acids is 1. The minimum Gasteiger partial charge on any atom is -0.395 e. The fourth-order valence-corrected chi connectivity index (χ4v) is 4.18. The molecule has 0 atom stereocenters. The van der Waals surface area contributed by atoms with Crippen LogP contribution < -0.4 is 14.8 Å². The van der Waals surface area contributed by atoms with Crippen molar-refractivity contribution < 1.29 is 29.6 Å². The molecule has 3 aromatic rings. The molecule has 0 unspecified atom stereocenters. The van der Waals surface area contributed by atoms with Crippen LogP contribution in [0.3, 0.4) is 0 Å². The first-order chi connectivity index (χ1) is 16.0. The molecule has 1 aromatic heterocycles. The smallest absolute Gasteiger partial charge is 0.395 e. The van der Waals surface area contributed by atoms with Gasteiger partial charge < -0.3 is 19.9 Å². The number of rotatable bonds is 5. The van der Waals surface area contributed by atoms with Crippen LogP contribution in [-0.4, -0.2) is 22.3 Å². The molecule has 1 aliphatic carbocycles. The standard InChI is InChI=1S/C26H24F2N2O4.H2/c1-15-4-11-21(29-22(15)16-5-7-17(8-6-16)24(2,3)32)30-23(31)25(12-13-25)18-9-10-19-20(14-18)34-26(27,28)33-19;/h4-11,14,32H,12-13H2,1-3H3,(H,29,30,31);1H. The summed E-state index contributed by atoms with van der Waals surface area (Å²) < 4.78 is 35.7. The number of aliphatic hydroxyl groups is 1. The third-order valence-electron chi connectivity index (χ3n) is 6.34. The predicted octanol–water partition coefficient (Wildman–Crippen LogP) is 5.52. The zero-order valence-corrected chi connectivity index (χ0v) is 19.0. The number of nitrogens with one attached hydrogen (secondary N) is 1. The van der Waals surface area contributed by atoms with Crippen LogP contribution >= 0.6 is 0 Å². The minimum atomic E-state index is -3.70. The van der Waals surface area contributed by atoms with Gasteiger partial charge in [-0.2, -0.15) is 0 Å². The molecule has 6 nitrogen and oxygen atoms in total. The van der Waals surface area contributed by atoms with Crippen LogP contribution in [0.15, 0.2) is 54.6 Å². The Morgan fingerprint density at radius 3 is 2.38 bits per heavy atom. The highest BCUT2D eigenvalue weighted by Gasteiger charge is 2.53. The van der Waals surface area contributed by atoms with Crippen LogP contribution in [0.5, 0.6) is 11.5 Å². The van der Waals surface area contributed by atoms with Gasteiger partial charge in [0.25, 0.3) is 0 Å². The summed E-state index contributed by atoms with van der Waals surface area (Å²) in [4.78, 5) is 17.9. The Balaban J connectivity index is 0.00000289. The zero-order valence-electron chi connectivity index (χ0n) is 19.0. The molecule has 1 amide bonds. The van der Waals surface area contributed by atoms with Crippen LogP contribution in [0.1, 0.15) is 44.8 Å². The molecule has 5 rings (SSSR count). The van der Waals surface area contributed by atoms with Crippen LogP contribution in [0, 0.1) is 6.92 Å². The molecule has 2 N–H and O–H groups in total. The molecule has 34 heavy (non-hydrogen) atoms. The van der Waals surface area contributed by atoms with E-state index in [1.807, 2.05) is 37.3 Å². The molecule has 2 aromatic carbocycles. The Kier molecular flexibility index (Phi) is 4.91. The van der Waals surface area contributed by atoms with E-state index >= 15 is 0 Å². The lowest BCUT2D eigenvalue weighted by Gasteiger charge is -2.18. The molecule has 2 heterocycles. The molecule has 2 aliphatic rings. The van der Waals surface area contributed by atoms with Gasteiger partial charge in [-0.25, -0.2) is 4.98 Å². The van der Waals surface area contributed by atoms with Crippen molar-refractivity contribution in [2.45, 2.75) is 50.9 Å². The van der Waals surface area contributed by atoms with Gasteiger partial charge in [0.1, 0.15) is 5.82 Å². The summed E-state index contributed by atoms with van der Waals surface area (Å²) >= 11 is 0. The number of hydrogen-bond acceptors (Lipinski definition) is 5. The lowest BCUT2D eigenvalue weighted by Crippen LogP contribution is -2.28. The van der Waals surface area contributed by atoms with Crippen molar-refractivity contribution in [2.24, 2.45) is 0 Å². The highest BCUT2D eigenvalue weighted by atomic mass is 19.3. The number of fused-ring (bicyclic) bond motifs is 1. The van der Waals surface area contributed by atoms with Crippen molar-refractivity contribution in [1.29, 1.82) is 0 Å². The number of aromatic nitrogens is 1. The highest BCUT2D eigenvalue weighted by molar-refractivity contribution is 6.01. The Bertz CT molecular complexity index is 1290. The largest absolute Gasteiger partial charge is 0.586 e. The highest BCUT2D eigenvalue weighted by Crippen LogP contribution is 2.52. The van der Waals surface area contributed by atoms with Gasteiger partial charge in [0.05, 0.1) is 16.7 Å². The molecule has 0 saturated heterocycles. The molecular weight excluding hydrogens is 442 g/mol. The summed E-state index contributed by atoms with van der Waals surface area (Å²) in [6, 6.07) is 15.6. The Morgan fingerprint density at radius 1 is 1.06 bits per heavy atom. The van der Waals surface area contributed by atoms with Crippen molar-refractivity contribution >= 4 is 11.7 Å². The van der Waals surface area contributed by atoms with Crippen molar-refractivity contribution in [3.63, 3.8) is 0 Å². The van der Waals surface area contributed by atoms with Crippen molar-refractivity contribution in [2.75, 3.05) is 5.32 Å². The van der Waals surface area contributed by atoms with Crippen molar-refractivity contribution in [1.82, 2.24) is 4.98 Å². The van der Waals surface area contributed by atoms with Crippen LogP contribution in [0.4, 0.5) is 14.6 Å². The maximum absolute atomic E-state index is 13.4. The Labute approximate surface area is 197 Å². The SMILES string of the molecule is Cc1ccc(NC(=O)C2(c3ccc4c(c3)OC(F)(F)O4)CC2)nc1-c1ccc(C(C)(C)O)cc1.[HH]. The fourth-order valence-electron chi connectivity index (χ4n) is 4.18. The predicted molar refractivity (Wildman–Crippen MR) is 124 cm³/mol. The third kappa shape index (κ3) is 3.98. The number of pyridine rings is 1. The fraction of sp³-hybridized carbons (Fsp3) is 0.308. The number of carbonyl (C=O) groups is 1. The first kappa shape index (κ1) is 22.3. The molecule has 178 valence electrons. The molecule has 0 spiro atoms. The molecule has 1 aliphatic heterocycles. The average Bonchev–Trinajstić information content (AvgIpc) is 3.52. The molecule has 0 radical (unpaired) electrons. The molecule has 8 heteroatoms. The van der Waals surface area contributed by atoms with Crippen LogP contribution in [-0.2, 0) is 15.8 Å². The van der Waals surface area contributed by atoms with E-state index in [-0.39, 0.29) is 18.8 Å². The second-order valence-electron chi connectivity index (χ2n) is 9.36. The van der Waals surface area contributed by atoms with E-state index in [9.17, 15) is 18.7 Å². The lowest BCUT2D eigenvalue weighted by atomic mass is 9.94. The summed E-state index contributed by atoms with van der Waals surface area (Å²) in [5.41, 5.74) is 2.13. The summed E-state index contributed by atoms with van der Waals surface area (Å²) in [6.07, 6.45) is -2.52. The van der Waals surface area contributed by atoms with Gasteiger partial charge in [0, 0.05) is 6.99 Å². The second kappa shape index (κ2) is 7.50. The molecule has 0 bridgehead atoms. The molecular formula is C26H26F2N2O4. The number of halogens is 2. The third-order valence-corrected chi connectivity index (χ3v) is 6.34. The topological polar surface area (TPSA) is 80.7 Å². The number of ether oxygens (including phenoxy) is 2. The summed E-state index contributed by atoms with van der Waals surface area (Å²) in [5.74, 6) is 0.0192. The van der Waals surface area contributed by atoms with E-state index in [1.54, 1.807) is 26.0 Å². The monoisotopic (exact) mass is 468 g/mol. The Morgan fingerprint density at radius 2 is 1.74 bits per heavy atom. The second-order valence-corrected chi connectivity index (χ2v) is 9.36. The van der Waals surface area contributed by atoms with Crippen LogP contribution in [0.2, 0.25) is 0 Å². The number of hydrogen-bond donors (Lipinski definition) is 2. The van der Waals surface area contributed by atoms with E-state index < -0.39 is 17.3 Å². The first-order valence-corrected chi connectivity index (χ1v) is 11.0. The van der Waals surface area contributed by atoms with Crippen LogP contribution in [0.25, 0.3) is 11.3 Å². The molecule has 1 fully saturated rings. The van der Waals surface area contributed by atoms with E-state index in [4.69, 9.17) is 0 Å². The summed E-state index contributed by atoms with van der Waals surface area (Å²) in [5, 5.41) is 13.1. The number of amides is 1. The number of anilines is 1. The van der Waals surface area contributed by atoms with Gasteiger partial charge in [0.2, 0.25) is 5.91 Å². The average molecular weight is 469 g/mol. The normalized spacial score (nSPS) is 17.4.